The third-order valence-corrected chi connectivity index (χ3v) is 3.73. The van der Waals surface area contributed by atoms with Crippen LogP contribution in [0.1, 0.15) is 29.2 Å². The van der Waals surface area contributed by atoms with Crippen LogP contribution < -0.4 is 5.56 Å². The van der Waals surface area contributed by atoms with Crippen LogP contribution in [0.15, 0.2) is 23.1 Å². The molecule has 0 aliphatic carbocycles. The summed E-state index contributed by atoms with van der Waals surface area (Å²) in [4.78, 5) is 25.5. The van der Waals surface area contributed by atoms with Crippen LogP contribution in [0.2, 0.25) is 0 Å². The largest absolute Gasteiger partial charge is 0.465 e. The molecule has 1 fully saturated rings. The van der Waals surface area contributed by atoms with Crippen LogP contribution in [0.5, 0.6) is 0 Å². The molecular weight excluding hydrogens is 282 g/mol. The van der Waals surface area contributed by atoms with E-state index in [0.717, 1.165) is 0 Å². The SMILES string of the molecule is COC(=O)c1cccn(C2CCN(CC(F)F)CC2)c1=O. The lowest BCUT2D eigenvalue weighted by molar-refractivity contribution is 0.0593. The summed E-state index contributed by atoms with van der Waals surface area (Å²) >= 11 is 0. The van der Waals surface area contributed by atoms with Gasteiger partial charge < -0.3 is 9.30 Å². The fraction of sp³-hybridized carbons (Fsp3) is 0.571. The van der Waals surface area contributed by atoms with Gasteiger partial charge >= 0.3 is 5.97 Å². The number of esters is 1. The second-order valence-electron chi connectivity index (χ2n) is 5.05. The molecule has 0 spiro atoms. The van der Waals surface area contributed by atoms with Gasteiger partial charge in [-0.05, 0) is 25.0 Å². The van der Waals surface area contributed by atoms with Crippen molar-refractivity contribution < 1.29 is 18.3 Å². The van der Waals surface area contributed by atoms with Gasteiger partial charge in [0.1, 0.15) is 5.56 Å². The highest BCUT2D eigenvalue weighted by Gasteiger charge is 2.24. The molecule has 1 aliphatic rings. The number of piperidine rings is 1. The average molecular weight is 300 g/mol. The van der Waals surface area contributed by atoms with E-state index in [-0.39, 0.29) is 18.2 Å². The molecule has 0 N–H and O–H groups in total. The molecule has 7 heteroatoms. The first kappa shape index (κ1) is 15.6. The summed E-state index contributed by atoms with van der Waals surface area (Å²) in [6.07, 6.45) is 0.503. The van der Waals surface area contributed by atoms with Crippen molar-refractivity contribution in [3.8, 4) is 0 Å². The number of carbonyl (C=O) groups excluding carboxylic acids is 1. The second-order valence-corrected chi connectivity index (χ2v) is 5.05. The Bertz CT molecular complexity index is 551. The number of likely N-dealkylation sites (tertiary alicyclic amines) is 1. The van der Waals surface area contributed by atoms with E-state index in [0.29, 0.717) is 25.9 Å². The number of ether oxygens (including phenoxy) is 1. The predicted molar refractivity (Wildman–Crippen MR) is 72.8 cm³/mol. The zero-order valence-corrected chi connectivity index (χ0v) is 11.8. The molecule has 0 aromatic carbocycles. The van der Waals surface area contributed by atoms with Gasteiger partial charge in [0.2, 0.25) is 0 Å². The summed E-state index contributed by atoms with van der Waals surface area (Å²) < 4.78 is 30.8. The van der Waals surface area contributed by atoms with Gasteiger partial charge in [0.15, 0.2) is 0 Å². The summed E-state index contributed by atoms with van der Waals surface area (Å²) in [6.45, 7) is 0.803. The number of aromatic nitrogens is 1. The van der Waals surface area contributed by atoms with Crippen molar-refractivity contribution in [3.05, 3.63) is 34.2 Å². The molecule has 0 amide bonds. The quantitative estimate of drug-likeness (QED) is 0.792. The number of hydrogen-bond donors (Lipinski definition) is 0. The molecule has 0 atom stereocenters. The van der Waals surface area contributed by atoms with Crippen molar-refractivity contribution in [1.82, 2.24) is 9.47 Å². The minimum Gasteiger partial charge on any atom is -0.465 e. The van der Waals surface area contributed by atoms with E-state index in [9.17, 15) is 18.4 Å². The van der Waals surface area contributed by atoms with Crippen LogP contribution in [-0.2, 0) is 4.74 Å². The molecule has 0 radical (unpaired) electrons. The van der Waals surface area contributed by atoms with Crippen molar-refractivity contribution in [3.63, 3.8) is 0 Å². The average Bonchev–Trinajstić information content (AvgIpc) is 2.47. The molecule has 0 saturated carbocycles. The molecule has 2 rings (SSSR count). The number of halogens is 2. The van der Waals surface area contributed by atoms with E-state index < -0.39 is 18.0 Å². The van der Waals surface area contributed by atoms with E-state index in [4.69, 9.17) is 0 Å². The first-order chi connectivity index (χ1) is 10.0. The maximum absolute atomic E-state index is 12.3. The third kappa shape index (κ3) is 3.66. The number of rotatable bonds is 4. The lowest BCUT2D eigenvalue weighted by atomic mass is 10.0. The summed E-state index contributed by atoms with van der Waals surface area (Å²) in [5.74, 6) is -0.663. The van der Waals surface area contributed by atoms with E-state index in [1.807, 2.05) is 0 Å². The molecule has 1 aromatic rings. The molecular formula is C14H18F2N2O3. The predicted octanol–water partition coefficient (Wildman–Crippen LogP) is 1.54. The van der Waals surface area contributed by atoms with Gasteiger partial charge in [0, 0.05) is 25.3 Å². The minimum atomic E-state index is -2.34. The number of methoxy groups -OCH3 is 1. The molecule has 1 saturated heterocycles. The molecule has 2 heterocycles. The van der Waals surface area contributed by atoms with Crippen molar-refractivity contribution in [2.24, 2.45) is 0 Å². The summed E-state index contributed by atoms with van der Waals surface area (Å²) in [7, 11) is 1.22. The summed E-state index contributed by atoms with van der Waals surface area (Å²) in [6, 6.07) is 2.98. The monoisotopic (exact) mass is 300 g/mol. The van der Waals surface area contributed by atoms with Crippen LogP contribution in [0, 0.1) is 0 Å². The minimum absolute atomic E-state index is 0.00462. The fourth-order valence-electron chi connectivity index (χ4n) is 2.64. The van der Waals surface area contributed by atoms with E-state index in [1.165, 1.54) is 17.7 Å². The van der Waals surface area contributed by atoms with Crippen molar-refractivity contribution in [1.29, 1.82) is 0 Å². The van der Waals surface area contributed by atoms with Crippen LogP contribution in [0.4, 0.5) is 8.78 Å². The van der Waals surface area contributed by atoms with Gasteiger partial charge in [0.05, 0.1) is 13.7 Å². The number of pyridine rings is 1. The maximum Gasteiger partial charge on any atom is 0.343 e. The second kappa shape index (κ2) is 6.80. The number of carbonyl (C=O) groups is 1. The fourth-order valence-corrected chi connectivity index (χ4v) is 2.64. The van der Waals surface area contributed by atoms with Gasteiger partial charge in [0.25, 0.3) is 12.0 Å². The lowest BCUT2D eigenvalue weighted by Crippen LogP contribution is -2.40. The highest BCUT2D eigenvalue weighted by Crippen LogP contribution is 2.21. The van der Waals surface area contributed by atoms with E-state index in [1.54, 1.807) is 17.2 Å². The summed E-state index contributed by atoms with van der Waals surface area (Å²) in [5, 5.41) is 0. The zero-order valence-electron chi connectivity index (χ0n) is 11.8. The van der Waals surface area contributed by atoms with Crippen LogP contribution in [-0.4, -0.2) is 48.6 Å². The third-order valence-electron chi connectivity index (χ3n) is 3.73. The van der Waals surface area contributed by atoms with Crippen molar-refractivity contribution in [2.45, 2.75) is 25.3 Å². The van der Waals surface area contributed by atoms with Gasteiger partial charge in [-0.25, -0.2) is 13.6 Å². The topological polar surface area (TPSA) is 51.5 Å². The molecule has 1 aromatic heterocycles. The molecule has 116 valence electrons. The maximum atomic E-state index is 12.3. The highest BCUT2D eigenvalue weighted by molar-refractivity contribution is 5.88. The van der Waals surface area contributed by atoms with Gasteiger partial charge in [-0.2, -0.15) is 0 Å². The van der Waals surface area contributed by atoms with E-state index >= 15 is 0 Å². The highest BCUT2D eigenvalue weighted by atomic mass is 19.3. The first-order valence-corrected chi connectivity index (χ1v) is 6.83. The Kier molecular flexibility index (Phi) is 5.06. The van der Waals surface area contributed by atoms with Crippen LogP contribution in [0.25, 0.3) is 0 Å². The normalized spacial score (nSPS) is 17.1. The summed E-state index contributed by atoms with van der Waals surface area (Å²) in [5.41, 5.74) is -0.397. The Morgan fingerprint density at radius 1 is 1.43 bits per heavy atom. The first-order valence-electron chi connectivity index (χ1n) is 6.83. The Morgan fingerprint density at radius 2 is 2.10 bits per heavy atom. The van der Waals surface area contributed by atoms with Gasteiger partial charge in [-0.1, -0.05) is 0 Å². The molecule has 5 nitrogen and oxygen atoms in total. The standard InChI is InChI=1S/C14H18F2N2O3/c1-21-14(20)11-3-2-6-18(13(11)19)10-4-7-17(8-5-10)9-12(15)16/h2-3,6,10,12H,4-5,7-9H2,1H3. The van der Waals surface area contributed by atoms with Crippen LogP contribution in [0.3, 0.4) is 0 Å². The Hall–Kier alpha value is -1.76. The zero-order chi connectivity index (χ0) is 15.4. The number of alkyl halides is 2. The van der Waals surface area contributed by atoms with Crippen LogP contribution >= 0.6 is 0 Å². The van der Waals surface area contributed by atoms with Crippen molar-refractivity contribution >= 4 is 5.97 Å². The Morgan fingerprint density at radius 3 is 2.67 bits per heavy atom. The van der Waals surface area contributed by atoms with Crippen molar-refractivity contribution in [2.75, 3.05) is 26.7 Å². The lowest BCUT2D eigenvalue weighted by Gasteiger charge is -2.32. The molecule has 21 heavy (non-hydrogen) atoms. The van der Waals surface area contributed by atoms with E-state index in [2.05, 4.69) is 4.74 Å². The Balaban J connectivity index is 2.10. The smallest absolute Gasteiger partial charge is 0.343 e. The Labute approximate surface area is 121 Å². The molecule has 0 bridgehead atoms. The number of hydrogen-bond acceptors (Lipinski definition) is 4. The van der Waals surface area contributed by atoms with Gasteiger partial charge in [-0.3, -0.25) is 9.69 Å². The van der Waals surface area contributed by atoms with Gasteiger partial charge in [-0.15, -0.1) is 0 Å². The molecule has 1 aliphatic heterocycles. The molecule has 0 unspecified atom stereocenters. The number of nitrogens with zero attached hydrogens (tertiary/aromatic N) is 2.